The minimum Gasteiger partial charge on any atom is -0.218 e. The molecule has 0 fully saturated rings. The fraction of sp³-hybridized carbons (Fsp3) is 0.0714. The molecule has 2 rings (SSSR count). The second-order valence-electron chi connectivity index (χ2n) is 4.06. The Morgan fingerprint density at radius 2 is 2.05 bits per heavy atom. The zero-order chi connectivity index (χ0) is 16.3. The lowest BCUT2D eigenvalue weighted by Gasteiger charge is -2.05. The van der Waals surface area contributed by atoms with E-state index in [0.717, 1.165) is 4.21 Å². The van der Waals surface area contributed by atoms with Crippen molar-refractivity contribution >= 4 is 62.2 Å². The van der Waals surface area contributed by atoms with Gasteiger partial charge in [-0.3, -0.25) is 0 Å². The molecule has 0 aliphatic carbocycles. The van der Waals surface area contributed by atoms with E-state index in [-0.39, 0.29) is 14.8 Å². The van der Waals surface area contributed by atoms with Gasteiger partial charge in [0.05, 0.1) is 14.1 Å². The summed E-state index contributed by atoms with van der Waals surface area (Å²) in [6.07, 6.45) is 3.28. The third kappa shape index (κ3) is 3.67. The molecular formula is C14H9Cl2NO2S3. The van der Waals surface area contributed by atoms with Crippen molar-refractivity contribution in [2.75, 3.05) is 6.26 Å². The van der Waals surface area contributed by atoms with Gasteiger partial charge in [0.2, 0.25) is 9.84 Å². The van der Waals surface area contributed by atoms with E-state index in [1.807, 2.05) is 12.3 Å². The van der Waals surface area contributed by atoms with Crippen molar-refractivity contribution in [3.63, 3.8) is 0 Å². The number of thiophene rings is 1. The SMILES string of the molecule is CSc1ccc(C=C(C#N)S(=O)(=O)c2ccc(Cl)cc2Cl)s1. The number of sulfone groups is 1. The van der Waals surface area contributed by atoms with Crippen molar-refractivity contribution in [1.29, 1.82) is 5.26 Å². The van der Waals surface area contributed by atoms with E-state index in [2.05, 4.69) is 0 Å². The lowest BCUT2D eigenvalue weighted by Crippen LogP contribution is -2.04. The summed E-state index contributed by atoms with van der Waals surface area (Å²) in [7, 11) is -3.98. The average Bonchev–Trinajstić information content (AvgIpc) is 2.91. The van der Waals surface area contributed by atoms with E-state index in [1.165, 1.54) is 35.6 Å². The Bertz CT molecular complexity index is 880. The molecule has 0 saturated heterocycles. The van der Waals surface area contributed by atoms with Gasteiger partial charge < -0.3 is 0 Å². The number of halogens is 2. The van der Waals surface area contributed by atoms with Gasteiger partial charge in [0, 0.05) is 9.90 Å². The second kappa shape index (κ2) is 7.07. The summed E-state index contributed by atoms with van der Waals surface area (Å²) in [6, 6.07) is 9.44. The van der Waals surface area contributed by atoms with E-state index in [0.29, 0.717) is 9.90 Å². The zero-order valence-electron chi connectivity index (χ0n) is 11.2. The van der Waals surface area contributed by atoms with Crippen LogP contribution in [0, 0.1) is 11.3 Å². The highest BCUT2D eigenvalue weighted by atomic mass is 35.5. The van der Waals surface area contributed by atoms with Crippen LogP contribution in [-0.2, 0) is 9.84 Å². The molecule has 1 aromatic heterocycles. The lowest BCUT2D eigenvalue weighted by atomic mass is 10.4. The molecule has 0 aliphatic heterocycles. The number of hydrogen-bond donors (Lipinski definition) is 0. The third-order valence-corrected chi connectivity index (χ3v) is 7.16. The maximum absolute atomic E-state index is 12.6. The first-order chi connectivity index (χ1) is 10.4. The number of nitrogens with zero attached hydrogens (tertiary/aromatic N) is 1. The van der Waals surface area contributed by atoms with Crippen molar-refractivity contribution < 1.29 is 8.42 Å². The van der Waals surface area contributed by atoms with Gasteiger partial charge in [0.1, 0.15) is 6.07 Å². The van der Waals surface area contributed by atoms with Crippen LogP contribution < -0.4 is 0 Å². The monoisotopic (exact) mass is 389 g/mol. The predicted octanol–water partition coefficient (Wildman–Crippen LogP) is 5.12. The molecule has 22 heavy (non-hydrogen) atoms. The molecule has 0 bridgehead atoms. The largest absolute Gasteiger partial charge is 0.218 e. The van der Waals surface area contributed by atoms with Crippen molar-refractivity contribution in [3.8, 4) is 6.07 Å². The summed E-state index contributed by atoms with van der Waals surface area (Å²) in [5.74, 6) is 0. The third-order valence-electron chi connectivity index (χ3n) is 2.66. The summed E-state index contributed by atoms with van der Waals surface area (Å²) in [4.78, 5) is 0.203. The molecule has 2 aromatic rings. The highest BCUT2D eigenvalue weighted by Gasteiger charge is 2.24. The van der Waals surface area contributed by atoms with E-state index < -0.39 is 9.84 Å². The summed E-state index contributed by atoms with van der Waals surface area (Å²) < 4.78 is 26.1. The van der Waals surface area contributed by atoms with Crippen LogP contribution in [0.4, 0.5) is 0 Å². The molecular weight excluding hydrogens is 381 g/mol. The van der Waals surface area contributed by atoms with Crippen LogP contribution in [-0.4, -0.2) is 14.7 Å². The fourth-order valence-electron chi connectivity index (χ4n) is 1.63. The van der Waals surface area contributed by atoms with E-state index in [9.17, 15) is 13.7 Å². The van der Waals surface area contributed by atoms with Gasteiger partial charge in [-0.05, 0) is 42.7 Å². The molecule has 0 spiro atoms. The van der Waals surface area contributed by atoms with Gasteiger partial charge in [-0.2, -0.15) is 5.26 Å². The highest BCUT2D eigenvalue weighted by molar-refractivity contribution is 8.00. The van der Waals surface area contributed by atoms with Gasteiger partial charge in [-0.1, -0.05) is 23.2 Å². The predicted molar refractivity (Wildman–Crippen MR) is 93.3 cm³/mol. The Balaban J connectivity index is 2.51. The van der Waals surface area contributed by atoms with Gasteiger partial charge in [-0.25, -0.2) is 8.42 Å². The molecule has 8 heteroatoms. The molecule has 0 N–H and O–H groups in total. The van der Waals surface area contributed by atoms with Crippen LogP contribution in [0.3, 0.4) is 0 Å². The maximum Gasteiger partial charge on any atom is 0.218 e. The molecule has 114 valence electrons. The van der Waals surface area contributed by atoms with Gasteiger partial charge in [0.15, 0.2) is 4.91 Å². The summed E-state index contributed by atoms with van der Waals surface area (Å²) >= 11 is 14.7. The number of nitriles is 1. The number of allylic oxidation sites excluding steroid dienone is 1. The van der Waals surface area contributed by atoms with Crippen LogP contribution in [0.25, 0.3) is 6.08 Å². The van der Waals surface area contributed by atoms with Crippen molar-refractivity contribution in [2.45, 2.75) is 9.10 Å². The minimum absolute atomic E-state index is 0.00960. The van der Waals surface area contributed by atoms with Crippen LogP contribution in [0.15, 0.2) is 44.3 Å². The van der Waals surface area contributed by atoms with Gasteiger partial charge >= 0.3 is 0 Å². The Hall–Kier alpha value is -0.970. The molecule has 1 heterocycles. The number of rotatable bonds is 4. The molecule has 3 nitrogen and oxygen atoms in total. The van der Waals surface area contributed by atoms with Crippen LogP contribution in [0.1, 0.15) is 4.88 Å². The molecule has 0 radical (unpaired) electrons. The lowest BCUT2D eigenvalue weighted by molar-refractivity contribution is 0.603. The molecule has 0 saturated carbocycles. The Labute approximate surface area is 147 Å². The smallest absolute Gasteiger partial charge is 0.218 e. The quantitative estimate of drug-likeness (QED) is 0.537. The topological polar surface area (TPSA) is 57.9 Å². The van der Waals surface area contributed by atoms with E-state index in [1.54, 1.807) is 23.9 Å². The number of thioether (sulfide) groups is 1. The molecule has 1 aromatic carbocycles. The average molecular weight is 390 g/mol. The molecule has 0 aliphatic rings. The summed E-state index contributed by atoms with van der Waals surface area (Å²) in [5.41, 5.74) is 0. The fourth-order valence-corrected chi connectivity index (χ4v) is 5.13. The Kier molecular flexibility index (Phi) is 5.59. The van der Waals surface area contributed by atoms with Crippen molar-refractivity contribution in [3.05, 3.63) is 50.2 Å². The summed E-state index contributed by atoms with van der Waals surface area (Å²) in [6.45, 7) is 0. The maximum atomic E-state index is 12.6. The van der Waals surface area contributed by atoms with Crippen molar-refractivity contribution in [1.82, 2.24) is 0 Å². The van der Waals surface area contributed by atoms with Crippen LogP contribution >= 0.6 is 46.3 Å². The standard InChI is InChI=1S/C14H9Cl2NO2S3/c1-20-14-5-3-10(21-14)7-11(8-17)22(18,19)13-4-2-9(15)6-12(13)16/h2-7H,1H3. The first-order valence-corrected chi connectivity index (χ1v) is 10.1. The minimum atomic E-state index is -3.98. The van der Waals surface area contributed by atoms with E-state index in [4.69, 9.17) is 23.2 Å². The van der Waals surface area contributed by atoms with Crippen LogP contribution in [0.2, 0.25) is 10.0 Å². The molecule has 0 unspecified atom stereocenters. The first kappa shape index (κ1) is 17.4. The highest BCUT2D eigenvalue weighted by Crippen LogP contribution is 2.32. The summed E-state index contributed by atoms with van der Waals surface area (Å²) in [5, 5.41) is 9.55. The number of hydrogen-bond acceptors (Lipinski definition) is 5. The number of benzene rings is 1. The van der Waals surface area contributed by atoms with Gasteiger partial charge in [-0.15, -0.1) is 23.1 Å². The zero-order valence-corrected chi connectivity index (χ0v) is 15.2. The molecule has 0 atom stereocenters. The first-order valence-electron chi connectivity index (χ1n) is 5.84. The van der Waals surface area contributed by atoms with Crippen molar-refractivity contribution in [2.24, 2.45) is 0 Å². The molecule has 0 amide bonds. The second-order valence-corrected chi connectivity index (χ2v) is 9.01. The van der Waals surface area contributed by atoms with E-state index >= 15 is 0 Å². The Morgan fingerprint density at radius 1 is 1.32 bits per heavy atom. The normalized spacial score (nSPS) is 12.2. The Morgan fingerprint density at radius 3 is 2.59 bits per heavy atom. The van der Waals surface area contributed by atoms with Gasteiger partial charge in [0.25, 0.3) is 0 Å². The van der Waals surface area contributed by atoms with Crippen LogP contribution in [0.5, 0.6) is 0 Å².